The van der Waals surface area contributed by atoms with Gasteiger partial charge in [-0.05, 0) is 32.0 Å². The van der Waals surface area contributed by atoms with Crippen LogP contribution in [0.4, 0.5) is 4.39 Å². The van der Waals surface area contributed by atoms with Gasteiger partial charge in [0.25, 0.3) is 0 Å². The summed E-state index contributed by atoms with van der Waals surface area (Å²) in [4.78, 5) is 11.0. The van der Waals surface area contributed by atoms with Crippen molar-refractivity contribution in [1.82, 2.24) is 0 Å². The summed E-state index contributed by atoms with van der Waals surface area (Å²) >= 11 is 0. The molecule has 0 bridgehead atoms. The average Bonchev–Trinajstić information content (AvgIpc) is 2.76. The van der Waals surface area contributed by atoms with E-state index >= 15 is 0 Å². The van der Waals surface area contributed by atoms with Crippen LogP contribution in [0.2, 0.25) is 0 Å². The molecule has 3 rings (SSSR count). The van der Waals surface area contributed by atoms with Crippen LogP contribution in [0.5, 0.6) is 17.2 Å². The molecule has 0 aromatic heterocycles. The monoisotopic (exact) mass is 286 g/mol. The Morgan fingerprint density at radius 3 is 2.76 bits per heavy atom. The molecule has 0 radical (unpaired) electrons. The number of ether oxygens (including phenoxy) is 2. The molecule has 0 saturated heterocycles. The van der Waals surface area contributed by atoms with Gasteiger partial charge in [-0.25, -0.2) is 4.39 Å². The van der Waals surface area contributed by atoms with Crippen molar-refractivity contribution in [2.45, 2.75) is 25.9 Å². The minimum Gasteiger partial charge on any atom is -0.483 e. The first-order valence-corrected chi connectivity index (χ1v) is 6.72. The molecule has 4 heteroatoms. The number of para-hydroxylation sites is 2. The highest BCUT2D eigenvalue weighted by molar-refractivity contribution is 5.79. The molecular weight excluding hydrogens is 271 g/mol. The van der Waals surface area contributed by atoms with E-state index in [1.165, 1.54) is 18.2 Å². The second-order valence-electron chi connectivity index (χ2n) is 5.66. The number of rotatable bonds is 3. The van der Waals surface area contributed by atoms with Crippen molar-refractivity contribution in [2.24, 2.45) is 0 Å². The van der Waals surface area contributed by atoms with Crippen molar-refractivity contribution in [3.63, 3.8) is 0 Å². The molecule has 1 aliphatic rings. The fourth-order valence-corrected chi connectivity index (χ4v) is 2.50. The molecule has 0 amide bonds. The van der Waals surface area contributed by atoms with Crippen molar-refractivity contribution < 1.29 is 18.7 Å². The Bertz CT molecular complexity index is 707. The summed E-state index contributed by atoms with van der Waals surface area (Å²) in [5.74, 6) is 0.387. The predicted molar refractivity (Wildman–Crippen MR) is 76.7 cm³/mol. The van der Waals surface area contributed by atoms with Crippen molar-refractivity contribution in [3.8, 4) is 17.2 Å². The van der Waals surface area contributed by atoms with Gasteiger partial charge in [0.05, 0.1) is 5.56 Å². The standard InChI is InChI=1S/C17H15FO3/c1-17(2)9-11-5-4-8-14(16(11)21-17)20-15-12(10-19)6-3-7-13(15)18/h3-8,10H,9H2,1-2H3. The second kappa shape index (κ2) is 4.88. The topological polar surface area (TPSA) is 35.5 Å². The van der Waals surface area contributed by atoms with Crippen molar-refractivity contribution in [3.05, 3.63) is 53.3 Å². The van der Waals surface area contributed by atoms with Crippen LogP contribution in [0, 0.1) is 5.82 Å². The molecule has 0 unspecified atom stereocenters. The van der Waals surface area contributed by atoms with Gasteiger partial charge in [-0.15, -0.1) is 0 Å². The van der Waals surface area contributed by atoms with Gasteiger partial charge in [-0.3, -0.25) is 4.79 Å². The molecule has 2 aromatic carbocycles. The van der Waals surface area contributed by atoms with Gasteiger partial charge in [0, 0.05) is 12.0 Å². The zero-order valence-electron chi connectivity index (χ0n) is 11.9. The molecule has 0 N–H and O–H groups in total. The summed E-state index contributed by atoms with van der Waals surface area (Å²) in [6, 6.07) is 9.75. The lowest BCUT2D eigenvalue weighted by molar-refractivity contribution is 0.111. The fourth-order valence-electron chi connectivity index (χ4n) is 2.50. The van der Waals surface area contributed by atoms with E-state index in [9.17, 15) is 9.18 Å². The lowest BCUT2D eigenvalue weighted by atomic mass is 10.0. The van der Waals surface area contributed by atoms with Gasteiger partial charge < -0.3 is 9.47 Å². The van der Waals surface area contributed by atoms with Crippen LogP contribution in [0.25, 0.3) is 0 Å². The normalized spacial score (nSPS) is 15.2. The Morgan fingerprint density at radius 2 is 2.00 bits per heavy atom. The van der Waals surface area contributed by atoms with E-state index in [0.717, 1.165) is 12.0 Å². The number of fused-ring (bicyclic) bond motifs is 1. The van der Waals surface area contributed by atoms with Crippen molar-refractivity contribution in [1.29, 1.82) is 0 Å². The zero-order valence-corrected chi connectivity index (χ0v) is 11.9. The predicted octanol–water partition coefficient (Wildman–Crippen LogP) is 4.14. The fraction of sp³-hybridized carbons (Fsp3) is 0.235. The molecule has 3 nitrogen and oxygen atoms in total. The Hall–Kier alpha value is -2.36. The summed E-state index contributed by atoms with van der Waals surface area (Å²) in [5, 5.41) is 0. The van der Waals surface area contributed by atoms with Crippen LogP contribution in [0.15, 0.2) is 36.4 Å². The number of hydrogen-bond donors (Lipinski definition) is 0. The quantitative estimate of drug-likeness (QED) is 0.795. The number of aldehydes is 1. The molecule has 0 spiro atoms. The Balaban J connectivity index is 2.02. The third-order valence-corrected chi connectivity index (χ3v) is 3.39. The highest BCUT2D eigenvalue weighted by Gasteiger charge is 2.32. The van der Waals surface area contributed by atoms with Crippen molar-refractivity contribution in [2.75, 3.05) is 0 Å². The Kier molecular flexibility index (Phi) is 3.16. The first kappa shape index (κ1) is 13.6. The third-order valence-electron chi connectivity index (χ3n) is 3.39. The van der Waals surface area contributed by atoms with Gasteiger partial charge in [-0.2, -0.15) is 0 Å². The van der Waals surface area contributed by atoms with Crippen LogP contribution in [0.1, 0.15) is 29.8 Å². The van der Waals surface area contributed by atoms with E-state index in [-0.39, 0.29) is 16.9 Å². The van der Waals surface area contributed by atoms with Gasteiger partial charge >= 0.3 is 0 Å². The van der Waals surface area contributed by atoms with Crippen LogP contribution in [-0.4, -0.2) is 11.9 Å². The van der Waals surface area contributed by atoms with Gasteiger partial charge in [0.1, 0.15) is 5.60 Å². The molecule has 0 aliphatic carbocycles. The Labute approximate surface area is 122 Å². The van der Waals surface area contributed by atoms with Gasteiger partial charge in [-0.1, -0.05) is 18.2 Å². The number of halogens is 1. The summed E-state index contributed by atoms with van der Waals surface area (Å²) < 4.78 is 25.4. The van der Waals surface area contributed by atoms with E-state index in [0.29, 0.717) is 17.8 Å². The van der Waals surface area contributed by atoms with Crippen LogP contribution >= 0.6 is 0 Å². The van der Waals surface area contributed by atoms with E-state index in [4.69, 9.17) is 9.47 Å². The minimum atomic E-state index is -0.575. The molecular formula is C17H15FO3. The Morgan fingerprint density at radius 1 is 1.24 bits per heavy atom. The lowest BCUT2D eigenvalue weighted by Crippen LogP contribution is -2.24. The molecule has 0 saturated carbocycles. The van der Waals surface area contributed by atoms with Crippen LogP contribution in [-0.2, 0) is 6.42 Å². The number of hydrogen-bond acceptors (Lipinski definition) is 3. The smallest absolute Gasteiger partial charge is 0.173 e. The van der Waals surface area contributed by atoms with Crippen molar-refractivity contribution >= 4 is 6.29 Å². The average molecular weight is 286 g/mol. The SMILES string of the molecule is CC1(C)Cc2cccc(Oc3c(F)cccc3C=O)c2O1. The summed E-state index contributed by atoms with van der Waals surface area (Å²) in [6.45, 7) is 3.97. The molecule has 1 aliphatic heterocycles. The molecule has 0 atom stereocenters. The first-order valence-electron chi connectivity index (χ1n) is 6.72. The third kappa shape index (κ3) is 2.49. The maximum Gasteiger partial charge on any atom is 0.173 e. The summed E-state index contributed by atoms with van der Waals surface area (Å²) in [5.41, 5.74) is 0.871. The maximum absolute atomic E-state index is 13.9. The number of benzene rings is 2. The van der Waals surface area contributed by atoms with Crippen LogP contribution in [0.3, 0.4) is 0 Å². The molecule has 0 fully saturated rings. The highest BCUT2D eigenvalue weighted by atomic mass is 19.1. The molecule has 108 valence electrons. The molecule has 1 heterocycles. The van der Waals surface area contributed by atoms with Gasteiger partial charge in [0.15, 0.2) is 29.4 Å². The van der Waals surface area contributed by atoms with E-state index in [2.05, 4.69) is 0 Å². The number of carbonyl (C=O) groups excluding carboxylic acids is 1. The zero-order chi connectivity index (χ0) is 15.0. The number of carbonyl (C=O) groups is 1. The maximum atomic E-state index is 13.9. The van der Waals surface area contributed by atoms with E-state index < -0.39 is 5.82 Å². The van der Waals surface area contributed by atoms with Gasteiger partial charge in [0.2, 0.25) is 0 Å². The van der Waals surface area contributed by atoms with E-state index in [1.807, 2.05) is 26.0 Å². The summed E-state index contributed by atoms with van der Waals surface area (Å²) in [6.07, 6.45) is 1.34. The second-order valence-corrected chi connectivity index (χ2v) is 5.66. The molecule has 2 aromatic rings. The lowest BCUT2D eigenvalue weighted by Gasteiger charge is -2.18. The first-order chi connectivity index (χ1) is 10.00. The minimum absolute atomic E-state index is 0.0748. The largest absolute Gasteiger partial charge is 0.483 e. The summed E-state index contributed by atoms with van der Waals surface area (Å²) in [7, 11) is 0. The molecule has 21 heavy (non-hydrogen) atoms. The highest BCUT2D eigenvalue weighted by Crippen LogP contribution is 2.43. The van der Waals surface area contributed by atoms with E-state index in [1.54, 1.807) is 6.07 Å². The van der Waals surface area contributed by atoms with Crippen LogP contribution < -0.4 is 9.47 Å².